The van der Waals surface area contributed by atoms with E-state index in [9.17, 15) is 22.8 Å². The van der Waals surface area contributed by atoms with Crippen LogP contribution in [-0.4, -0.2) is 41.1 Å². The van der Waals surface area contributed by atoms with Gasteiger partial charge in [0.15, 0.2) is 0 Å². The third-order valence-electron chi connectivity index (χ3n) is 3.70. The van der Waals surface area contributed by atoms with Gasteiger partial charge in [-0.1, -0.05) is 0 Å². The number of alkyl halides is 3. The van der Waals surface area contributed by atoms with Gasteiger partial charge in [-0.05, 0) is 25.7 Å². The predicted octanol–water partition coefficient (Wildman–Crippen LogP) is 3.02. The molecule has 1 heterocycles. The highest BCUT2D eigenvalue weighted by molar-refractivity contribution is 5.97. The second-order valence-corrected chi connectivity index (χ2v) is 5.85. The Morgan fingerprint density at radius 3 is 2.57 bits per heavy atom. The van der Waals surface area contributed by atoms with Gasteiger partial charge >= 0.3 is 12.1 Å². The fourth-order valence-electron chi connectivity index (χ4n) is 2.36. The average molecular weight is 333 g/mol. The van der Waals surface area contributed by atoms with Crippen molar-refractivity contribution in [2.24, 2.45) is 5.92 Å². The second kappa shape index (κ2) is 6.64. The van der Waals surface area contributed by atoms with E-state index in [2.05, 4.69) is 0 Å². The molecule has 1 amide bonds. The quantitative estimate of drug-likeness (QED) is 0.833. The number of nitrogens with zero attached hydrogens (tertiary/aromatic N) is 1. The van der Waals surface area contributed by atoms with E-state index >= 15 is 0 Å². The zero-order valence-corrected chi connectivity index (χ0v) is 12.7. The number of halogens is 3. The minimum Gasteiger partial charge on any atom is -0.481 e. The van der Waals surface area contributed by atoms with Crippen molar-refractivity contribution in [3.05, 3.63) is 23.2 Å². The molecule has 128 valence electrons. The number of aryl methyl sites for hydroxylation is 1. The summed E-state index contributed by atoms with van der Waals surface area (Å²) < 4.78 is 42.5. The van der Waals surface area contributed by atoms with E-state index in [4.69, 9.17) is 9.52 Å². The van der Waals surface area contributed by atoms with Gasteiger partial charge in [-0.2, -0.15) is 13.2 Å². The average Bonchev–Trinajstić information content (AvgIpc) is 3.16. The first-order valence-electron chi connectivity index (χ1n) is 7.32. The Labute approximate surface area is 131 Å². The van der Waals surface area contributed by atoms with E-state index < -0.39 is 37.4 Å². The molecule has 1 fully saturated rings. The molecule has 8 heteroatoms. The third kappa shape index (κ3) is 5.01. The highest BCUT2D eigenvalue weighted by Gasteiger charge is 2.34. The van der Waals surface area contributed by atoms with Gasteiger partial charge in [0.2, 0.25) is 0 Å². The van der Waals surface area contributed by atoms with Gasteiger partial charge < -0.3 is 14.4 Å². The lowest BCUT2D eigenvalue weighted by Gasteiger charge is -2.23. The normalized spacial score (nSPS) is 14.8. The zero-order valence-electron chi connectivity index (χ0n) is 12.7. The predicted molar refractivity (Wildman–Crippen MR) is 74.1 cm³/mol. The smallest absolute Gasteiger partial charge is 0.390 e. The molecular formula is C15H18F3NO4. The summed E-state index contributed by atoms with van der Waals surface area (Å²) in [6.45, 7) is 1.39. The molecule has 5 nitrogen and oxygen atoms in total. The van der Waals surface area contributed by atoms with E-state index in [-0.39, 0.29) is 23.8 Å². The summed E-state index contributed by atoms with van der Waals surface area (Å²) in [5, 5.41) is 8.85. The number of carboxylic acid groups (broad SMARTS) is 1. The highest BCUT2D eigenvalue weighted by atomic mass is 19.4. The summed E-state index contributed by atoms with van der Waals surface area (Å²) in [6, 6.07) is 0. The number of rotatable bonds is 7. The first-order valence-corrected chi connectivity index (χ1v) is 7.32. The molecule has 2 rings (SSSR count). The summed E-state index contributed by atoms with van der Waals surface area (Å²) in [7, 11) is 0. The number of hydrogen-bond acceptors (Lipinski definition) is 3. The van der Waals surface area contributed by atoms with Gasteiger partial charge in [0.25, 0.3) is 5.91 Å². The van der Waals surface area contributed by atoms with Crippen LogP contribution in [0.1, 0.15) is 40.9 Å². The van der Waals surface area contributed by atoms with Gasteiger partial charge in [-0.15, -0.1) is 0 Å². The summed E-state index contributed by atoms with van der Waals surface area (Å²) in [4.78, 5) is 24.6. The minimum atomic E-state index is -4.35. The van der Waals surface area contributed by atoms with Crippen LogP contribution in [0.15, 0.2) is 10.7 Å². The molecule has 0 bridgehead atoms. The minimum absolute atomic E-state index is 0.0206. The van der Waals surface area contributed by atoms with Gasteiger partial charge in [-0.3, -0.25) is 9.59 Å². The number of aliphatic carboxylic acids is 1. The molecule has 1 aromatic heterocycles. The number of carbonyl (C=O) groups excluding carboxylic acids is 1. The fraction of sp³-hybridized carbons (Fsp3) is 0.600. The molecule has 1 aromatic rings. The fourth-order valence-corrected chi connectivity index (χ4v) is 2.36. The van der Waals surface area contributed by atoms with Crippen LogP contribution in [0.5, 0.6) is 0 Å². The van der Waals surface area contributed by atoms with Gasteiger partial charge in [0.05, 0.1) is 18.2 Å². The molecular weight excluding hydrogens is 315 g/mol. The molecule has 0 aromatic carbocycles. The Hall–Kier alpha value is -1.99. The summed E-state index contributed by atoms with van der Waals surface area (Å²) in [5.74, 6) is -1.56. The molecule has 0 saturated heterocycles. The van der Waals surface area contributed by atoms with Gasteiger partial charge in [0, 0.05) is 18.7 Å². The first kappa shape index (κ1) is 17.4. The molecule has 1 aliphatic carbocycles. The van der Waals surface area contributed by atoms with E-state index in [1.165, 1.54) is 6.26 Å². The molecule has 0 spiro atoms. The zero-order chi connectivity index (χ0) is 17.2. The Morgan fingerprint density at radius 2 is 2.04 bits per heavy atom. The van der Waals surface area contributed by atoms with Crippen LogP contribution in [0.3, 0.4) is 0 Å². The molecule has 1 saturated carbocycles. The maximum Gasteiger partial charge on any atom is 0.390 e. The largest absolute Gasteiger partial charge is 0.481 e. The first-order chi connectivity index (χ1) is 10.7. The van der Waals surface area contributed by atoms with E-state index in [1.807, 2.05) is 0 Å². The molecule has 0 atom stereocenters. The van der Waals surface area contributed by atoms with Crippen LogP contribution in [0.2, 0.25) is 0 Å². The van der Waals surface area contributed by atoms with Crippen molar-refractivity contribution in [3.63, 3.8) is 0 Å². The summed E-state index contributed by atoms with van der Waals surface area (Å²) in [5.41, 5.74) is 0.495. The van der Waals surface area contributed by atoms with E-state index in [0.717, 1.165) is 17.7 Å². The number of furan rings is 1. The lowest BCUT2D eigenvalue weighted by Crippen LogP contribution is -2.36. The second-order valence-electron chi connectivity index (χ2n) is 5.85. The van der Waals surface area contributed by atoms with Crippen LogP contribution < -0.4 is 0 Å². The summed E-state index contributed by atoms with van der Waals surface area (Å²) in [6.07, 6.45) is -2.88. The van der Waals surface area contributed by atoms with Crippen LogP contribution in [0, 0.1) is 12.8 Å². The van der Waals surface area contributed by atoms with Crippen molar-refractivity contribution < 1.29 is 32.3 Å². The lowest BCUT2D eigenvalue weighted by molar-refractivity contribution is -0.137. The Bertz CT molecular complexity index is 590. The van der Waals surface area contributed by atoms with Crippen LogP contribution in [0.25, 0.3) is 0 Å². The highest BCUT2D eigenvalue weighted by Crippen LogP contribution is 2.31. The van der Waals surface area contributed by atoms with Crippen LogP contribution in [0.4, 0.5) is 13.2 Å². The van der Waals surface area contributed by atoms with E-state index in [1.54, 1.807) is 6.92 Å². The molecule has 1 aliphatic rings. The maximum atomic E-state index is 12.6. The van der Waals surface area contributed by atoms with Gasteiger partial charge in [-0.25, -0.2) is 0 Å². The van der Waals surface area contributed by atoms with Crippen molar-refractivity contribution in [1.82, 2.24) is 4.90 Å². The van der Waals surface area contributed by atoms with Crippen molar-refractivity contribution in [1.29, 1.82) is 0 Å². The van der Waals surface area contributed by atoms with Crippen LogP contribution >= 0.6 is 0 Å². The standard InChI is InChI=1S/C15H18F3NO4/c1-9-8-23-11(6-12(20)21)13(9)14(22)19(7-10-2-3-10)5-4-15(16,17)18/h8,10H,2-7H2,1H3,(H,20,21). The molecule has 0 unspecified atom stereocenters. The third-order valence-corrected chi connectivity index (χ3v) is 3.70. The maximum absolute atomic E-state index is 12.6. The van der Waals surface area contributed by atoms with Crippen molar-refractivity contribution in [3.8, 4) is 0 Å². The number of carboxylic acids is 1. The Morgan fingerprint density at radius 1 is 1.39 bits per heavy atom. The molecule has 0 radical (unpaired) electrons. The molecule has 23 heavy (non-hydrogen) atoms. The lowest BCUT2D eigenvalue weighted by atomic mass is 10.1. The SMILES string of the molecule is Cc1coc(CC(=O)O)c1C(=O)N(CCC(F)(F)F)CC1CC1. The Kier molecular flexibility index (Phi) is 5.01. The Balaban J connectivity index is 2.18. The van der Waals surface area contributed by atoms with Crippen molar-refractivity contribution in [2.45, 2.75) is 38.8 Å². The number of amides is 1. The summed E-state index contributed by atoms with van der Waals surface area (Å²) >= 11 is 0. The molecule has 1 N–H and O–H groups in total. The van der Waals surface area contributed by atoms with E-state index in [0.29, 0.717) is 5.56 Å². The monoisotopic (exact) mass is 333 g/mol. The van der Waals surface area contributed by atoms with Crippen molar-refractivity contribution >= 4 is 11.9 Å². The van der Waals surface area contributed by atoms with Crippen LogP contribution in [-0.2, 0) is 11.2 Å². The number of carbonyl (C=O) groups is 2. The molecule has 0 aliphatic heterocycles. The topological polar surface area (TPSA) is 70.7 Å². The van der Waals surface area contributed by atoms with Gasteiger partial charge in [0.1, 0.15) is 12.2 Å². The van der Waals surface area contributed by atoms with Crippen molar-refractivity contribution in [2.75, 3.05) is 13.1 Å². The number of hydrogen-bond donors (Lipinski definition) is 1.